The average Bonchev–Trinajstić information content (AvgIpc) is 3.15. The van der Waals surface area contributed by atoms with E-state index in [1.54, 1.807) is 7.11 Å². The van der Waals surface area contributed by atoms with Crippen molar-refractivity contribution in [1.29, 1.82) is 0 Å². The van der Waals surface area contributed by atoms with Crippen LogP contribution < -0.4 is 15.2 Å². The minimum atomic E-state index is 0.171. The molecule has 3 rings (SSSR count). The molecule has 21 heavy (non-hydrogen) atoms. The summed E-state index contributed by atoms with van der Waals surface area (Å²) in [5.74, 6) is 1.65. The topological polar surface area (TPSA) is 53.7 Å². The van der Waals surface area contributed by atoms with Crippen LogP contribution in [0, 0.1) is 0 Å². The second-order valence-corrected chi connectivity index (χ2v) is 6.16. The Hall–Kier alpha value is -1.26. The number of methoxy groups -OCH3 is 1. The highest BCUT2D eigenvalue weighted by Gasteiger charge is 2.42. The summed E-state index contributed by atoms with van der Waals surface area (Å²) in [7, 11) is 1.66. The molecule has 1 aromatic carbocycles. The van der Waals surface area contributed by atoms with E-state index in [-0.39, 0.29) is 11.7 Å². The van der Waals surface area contributed by atoms with Gasteiger partial charge in [-0.15, -0.1) is 0 Å². The van der Waals surface area contributed by atoms with Crippen LogP contribution in [0.15, 0.2) is 18.2 Å². The van der Waals surface area contributed by atoms with Crippen LogP contribution in [0.4, 0.5) is 0 Å². The highest BCUT2D eigenvalue weighted by molar-refractivity contribution is 5.40. The normalized spacial score (nSPS) is 23.6. The summed E-state index contributed by atoms with van der Waals surface area (Å²) in [6.07, 6.45) is 7.57. The van der Waals surface area contributed by atoms with Crippen molar-refractivity contribution >= 4 is 0 Å². The number of benzene rings is 1. The van der Waals surface area contributed by atoms with Gasteiger partial charge < -0.3 is 19.9 Å². The zero-order valence-corrected chi connectivity index (χ0v) is 12.8. The lowest BCUT2D eigenvalue weighted by molar-refractivity contribution is -0.0509. The van der Waals surface area contributed by atoms with Gasteiger partial charge in [0.05, 0.1) is 18.8 Å². The molecule has 2 N–H and O–H groups in total. The Morgan fingerprint density at radius 2 is 2.10 bits per heavy atom. The Morgan fingerprint density at radius 1 is 1.29 bits per heavy atom. The van der Waals surface area contributed by atoms with Gasteiger partial charge in [0.2, 0.25) is 0 Å². The van der Waals surface area contributed by atoms with Crippen molar-refractivity contribution in [2.75, 3.05) is 13.7 Å². The van der Waals surface area contributed by atoms with Gasteiger partial charge in [-0.2, -0.15) is 0 Å². The molecule has 1 saturated carbocycles. The molecule has 0 aromatic heterocycles. The van der Waals surface area contributed by atoms with Crippen molar-refractivity contribution in [2.45, 2.75) is 56.8 Å². The van der Waals surface area contributed by atoms with Crippen LogP contribution in [0.2, 0.25) is 0 Å². The fourth-order valence-corrected chi connectivity index (χ4v) is 3.57. The van der Waals surface area contributed by atoms with Crippen LogP contribution in [0.25, 0.3) is 0 Å². The van der Waals surface area contributed by atoms with Crippen LogP contribution >= 0.6 is 0 Å². The van der Waals surface area contributed by atoms with E-state index in [0.29, 0.717) is 13.2 Å². The number of hydrogen-bond acceptors (Lipinski definition) is 4. The zero-order valence-electron chi connectivity index (χ0n) is 12.8. The zero-order chi connectivity index (χ0) is 14.7. The van der Waals surface area contributed by atoms with E-state index >= 15 is 0 Å². The van der Waals surface area contributed by atoms with E-state index < -0.39 is 0 Å². The lowest BCUT2D eigenvalue weighted by Crippen LogP contribution is -2.27. The first-order valence-electron chi connectivity index (χ1n) is 7.92. The summed E-state index contributed by atoms with van der Waals surface area (Å²) in [5, 5.41) is 0. The Kier molecular flexibility index (Phi) is 4.36. The van der Waals surface area contributed by atoms with Crippen molar-refractivity contribution < 1.29 is 14.2 Å². The minimum absolute atomic E-state index is 0.171. The summed E-state index contributed by atoms with van der Waals surface area (Å²) >= 11 is 0. The standard InChI is InChI=1S/C17H25NO3/c1-19-14-4-5-16(13(10-14)11-18)20-12-15-6-9-17(21-15)7-2-3-8-17/h4-5,10,15H,2-3,6-9,11-12,18H2,1H3. The van der Waals surface area contributed by atoms with Gasteiger partial charge in [0, 0.05) is 12.1 Å². The maximum atomic E-state index is 6.27. The molecule has 4 nitrogen and oxygen atoms in total. The Morgan fingerprint density at radius 3 is 2.81 bits per heavy atom. The largest absolute Gasteiger partial charge is 0.497 e. The van der Waals surface area contributed by atoms with Crippen LogP contribution in [-0.2, 0) is 11.3 Å². The van der Waals surface area contributed by atoms with Crippen molar-refractivity contribution in [3.05, 3.63) is 23.8 Å². The van der Waals surface area contributed by atoms with Gasteiger partial charge >= 0.3 is 0 Å². The van der Waals surface area contributed by atoms with Gasteiger partial charge in [-0.05, 0) is 43.9 Å². The number of nitrogens with two attached hydrogens (primary N) is 1. The van der Waals surface area contributed by atoms with Gasteiger partial charge in [-0.25, -0.2) is 0 Å². The highest BCUT2D eigenvalue weighted by atomic mass is 16.6. The van der Waals surface area contributed by atoms with E-state index in [2.05, 4.69) is 0 Å². The minimum Gasteiger partial charge on any atom is -0.497 e. The number of ether oxygens (including phenoxy) is 3. The first-order chi connectivity index (χ1) is 10.2. The molecule has 116 valence electrons. The molecule has 1 spiro atoms. The number of hydrogen-bond donors (Lipinski definition) is 1. The SMILES string of the molecule is COc1ccc(OCC2CCC3(CCCC3)O2)c(CN)c1. The lowest BCUT2D eigenvalue weighted by Gasteiger charge is -2.24. The summed E-state index contributed by atoms with van der Waals surface area (Å²) in [4.78, 5) is 0. The Balaban J connectivity index is 1.58. The molecule has 1 aliphatic carbocycles. The van der Waals surface area contributed by atoms with Gasteiger partial charge in [-0.3, -0.25) is 0 Å². The quantitative estimate of drug-likeness (QED) is 0.906. The Bertz CT molecular complexity index is 483. The average molecular weight is 291 g/mol. The summed E-state index contributed by atoms with van der Waals surface area (Å²) in [6, 6.07) is 5.77. The highest BCUT2D eigenvalue weighted by Crippen LogP contribution is 2.43. The summed E-state index contributed by atoms with van der Waals surface area (Å²) < 4.78 is 17.4. The predicted molar refractivity (Wildman–Crippen MR) is 81.7 cm³/mol. The molecule has 1 unspecified atom stereocenters. The first kappa shape index (κ1) is 14.7. The van der Waals surface area contributed by atoms with Crippen LogP contribution in [0.1, 0.15) is 44.1 Å². The Labute approximate surface area is 126 Å². The maximum Gasteiger partial charge on any atom is 0.124 e. The lowest BCUT2D eigenvalue weighted by atomic mass is 9.98. The fraction of sp³-hybridized carbons (Fsp3) is 0.647. The summed E-state index contributed by atoms with van der Waals surface area (Å²) in [5.41, 5.74) is 6.93. The molecule has 2 fully saturated rings. The second kappa shape index (κ2) is 6.24. The van der Waals surface area contributed by atoms with E-state index in [1.807, 2.05) is 18.2 Å². The second-order valence-electron chi connectivity index (χ2n) is 6.16. The molecule has 2 aliphatic rings. The van der Waals surface area contributed by atoms with Crippen LogP contribution in [-0.4, -0.2) is 25.4 Å². The molecule has 1 atom stereocenters. The molecule has 0 bridgehead atoms. The molecule has 1 heterocycles. The molecule has 0 amide bonds. The van der Waals surface area contributed by atoms with Gasteiger partial charge in [0.25, 0.3) is 0 Å². The molecule has 1 saturated heterocycles. The number of rotatable bonds is 5. The molecule has 0 radical (unpaired) electrons. The van der Waals surface area contributed by atoms with E-state index in [0.717, 1.165) is 23.5 Å². The third-order valence-corrected chi connectivity index (χ3v) is 4.77. The van der Waals surface area contributed by atoms with E-state index in [1.165, 1.54) is 32.1 Å². The van der Waals surface area contributed by atoms with Gasteiger partial charge in [0.1, 0.15) is 18.1 Å². The van der Waals surface area contributed by atoms with Crippen molar-refractivity contribution in [1.82, 2.24) is 0 Å². The van der Waals surface area contributed by atoms with Crippen molar-refractivity contribution in [3.8, 4) is 11.5 Å². The molecular formula is C17H25NO3. The van der Waals surface area contributed by atoms with Crippen LogP contribution in [0.3, 0.4) is 0 Å². The van der Waals surface area contributed by atoms with Gasteiger partial charge in [0.15, 0.2) is 0 Å². The molecule has 4 heteroatoms. The monoisotopic (exact) mass is 291 g/mol. The first-order valence-corrected chi connectivity index (χ1v) is 7.92. The van der Waals surface area contributed by atoms with E-state index in [4.69, 9.17) is 19.9 Å². The maximum absolute atomic E-state index is 6.27. The third-order valence-electron chi connectivity index (χ3n) is 4.77. The smallest absolute Gasteiger partial charge is 0.124 e. The predicted octanol–water partition coefficient (Wildman–Crippen LogP) is 3.02. The van der Waals surface area contributed by atoms with Gasteiger partial charge in [-0.1, -0.05) is 12.8 Å². The fourth-order valence-electron chi connectivity index (χ4n) is 3.57. The molecular weight excluding hydrogens is 266 g/mol. The summed E-state index contributed by atoms with van der Waals surface area (Å²) in [6.45, 7) is 1.06. The van der Waals surface area contributed by atoms with Crippen molar-refractivity contribution in [3.63, 3.8) is 0 Å². The van der Waals surface area contributed by atoms with Crippen molar-refractivity contribution in [2.24, 2.45) is 5.73 Å². The van der Waals surface area contributed by atoms with Crippen LogP contribution in [0.5, 0.6) is 11.5 Å². The van der Waals surface area contributed by atoms with E-state index in [9.17, 15) is 0 Å². The molecule has 1 aromatic rings. The third kappa shape index (κ3) is 3.16. The molecule has 1 aliphatic heterocycles.